The first kappa shape index (κ1) is 22.2. The molecule has 2 heterocycles. The maximum Gasteiger partial charge on any atom is 0.352 e. The molecule has 8 heteroatoms. The standard InChI is InChI=1S/C22H30N4O3S/c1-17(2)26(18(3)4)22(27)24-30(28,19-8-6-5-7-9-19)20-10-11-21(23-16-20)25-12-14-29-15-13-25/h5-11,16-18H,12-15H2,1-4H3/t30-/m1/s1. The molecule has 0 radical (unpaired) electrons. The van der Waals surface area contributed by atoms with Crippen molar-refractivity contribution in [3.63, 3.8) is 0 Å². The smallest absolute Gasteiger partial charge is 0.352 e. The number of hydrogen-bond donors (Lipinski definition) is 0. The molecule has 7 nitrogen and oxygen atoms in total. The van der Waals surface area contributed by atoms with Gasteiger partial charge in [0, 0.05) is 31.4 Å². The van der Waals surface area contributed by atoms with Gasteiger partial charge in [-0.25, -0.2) is 14.0 Å². The Bertz CT molecular complexity index is 954. The average molecular weight is 431 g/mol. The highest BCUT2D eigenvalue weighted by Gasteiger charge is 2.25. The van der Waals surface area contributed by atoms with Crippen molar-refractivity contribution < 1.29 is 13.7 Å². The number of anilines is 1. The van der Waals surface area contributed by atoms with Crippen molar-refractivity contribution in [1.82, 2.24) is 9.88 Å². The second kappa shape index (κ2) is 9.57. The topological polar surface area (TPSA) is 75.1 Å². The van der Waals surface area contributed by atoms with E-state index in [1.807, 2.05) is 39.8 Å². The first-order valence-electron chi connectivity index (χ1n) is 10.3. The Morgan fingerprint density at radius 2 is 1.67 bits per heavy atom. The molecule has 1 saturated heterocycles. The van der Waals surface area contributed by atoms with Crippen molar-refractivity contribution in [2.45, 2.75) is 49.6 Å². The summed E-state index contributed by atoms with van der Waals surface area (Å²) < 4.78 is 23.8. The van der Waals surface area contributed by atoms with E-state index in [2.05, 4.69) is 14.2 Å². The van der Waals surface area contributed by atoms with Crippen molar-refractivity contribution in [2.24, 2.45) is 4.36 Å². The fourth-order valence-electron chi connectivity index (χ4n) is 3.56. The van der Waals surface area contributed by atoms with Crippen LogP contribution < -0.4 is 4.90 Å². The summed E-state index contributed by atoms with van der Waals surface area (Å²) in [5.74, 6) is 0.800. The molecule has 1 aliphatic rings. The van der Waals surface area contributed by atoms with E-state index in [0.29, 0.717) is 23.0 Å². The van der Waals surface area contributed by atoms with Crippen LogP contribution in [0, 0.1) is 0 Å². The number of pyridine rings is 1. The first-order valence-corrected chi connectivity index (χ1v) is 11.8. The van der Waals surface area contributed by atoms with E-state index in [-0.39, 0.29) is 12.1 Å². The van der Waals surface area contributed by atoms with Crippen LogP contribution in [0.5, 0.6) is 0 Å². The molecule has 0 bridgehead atoms. The molecule has 1 atom stereocenters. The normalized spacial score (nSPS) is 16.4. The number of aromatic nitrogens is 1. The molecule has 2 aromatic rings. The molecule has 0 aliphatic carbocycles. The van der Waals surface area contributed by atoms with Gasteiger partial charge in [-0.3, -0.25) is 0 Å². The first-order chi connectivity index (χ1) is 14.3. The minimum absolute atomic E-state index is 0.0532. The Morgan fingerprint density at radius 1 is 1.03 bits per heavy atom. The van der Waals surface area contributed by atoms with Gasteiger partial charge in [-0.05, 0) is 52.0 Å². The lowest BCUT2D eigenvalue weighted by Gasteiger charge is -2.29. The third kappa shape index (κ3) is 4.82. The highest BCUT2D eigenvalue weighted by atomic mass is 32.2. The monoisotopic (exact) mass is 430 g/mol. The lowest BCUT2D eigenvalue weighted by atomic mass is 10.2. The van der Waals surface area contributed by atoms with Gasteiger partial charge in [-0.2, -0.15) is 0 Å². The number of rotatable bonds is 5. The van der Waals surface area contributed by atoms with Crippen LogP contribution in [0.4, 0.5) is 10.6 Å². The number of nitrogens with zero attached hydrogens (tertiary/aromatic N) is 4. The summed E-state index contributed by atoms with van der Waals surface area (Å²) in [6.45, 7) is 10.6. The third-order valence-corrected chi connectivity index (χ3v) is 7.18. The van der Waals surface area contributed by atoms with Crippen molar-refractivity contribution in [3.05, 3.63) is 48.7 Å². The maximum absolute atomic E-state index is 14.1. The quantitative estimate of drug-likeness (QED) is 0.716. The number of carbonyl (C=O) groups is 1. The van der Waals surface area contributed by atoms with E-state index in [4.69, 9.17) is 4.74 Å². The van der Waals surface area contributed by atoms with Gasteiger partial charge in [0.25, 0.3) is 0 Å². The Hall–Kier alpha value is -2.45. The van der Waals surface area contributed by atoms with Crippen molar-refractivity contribution in [3.8, 4) is 0 Å². The van der Waals surface area contributed by atoms with Crippen LogP contribution in [0.1, 0.15) is 27.7 Å². The van der Waals surface area contributed by atoms with Crippen molar-refractivity contribution >= 4 is 21.6 Å². The van der Waals surface area contributed by atoms with E-state index in [1.54, 1.807) is 41.4 Å². The van der Waals surface area contributed by atoms with Crippen molar-refractivity contribution in [1.29, 1.82) is 0 Å². The Morgan fingerprint density at radius 3 is 2.20 bits per heavy atom. The Balaban J connectivity index is 2.05. The predicted molar refractivity (Wildman–Crippen MR) is 118 cm³/mol. The second-order valence-electron chi connectivity index (χ2n) is 7.76. The van der Waals surface area contributed by atoms with Gasteiger partial charge in [0.1, 0.15) is 15.5 Å². The lowest BCUT2D eigenvalue weighted by Crippen LogP contribution is -2.40. The van der Waals surface area contributed by atoms with Gasteiger partial charge in [-0.1, -0.05) is 18.2 Å². The minimum Gasteiger partial charge on any atom is -0.378 e. The molecule has 3 rings (SSSR count). The Kier molecular flexibility index (Phi) is 7.10. The molecular weight excluding hydrogens is 400 g/mol. The van der Waals surface area contributed by atoms with Crippen LogP contribution in [-0.2, 0) is 14.5 Å². The van der Waals surface area contributed by atoms with Crippen LogP contribution in [0.3, 0.4) is 0 Å². The van der Waals surface area contributed by atoms with Crippen LogP contribution in [0.15, 0.2) is 62.8 Å². The summed E-state index contributed by atoms with van der Waals surface area (Å²) >= 11 is 0. The Labute approximate surface area is 179 Å². The zero-order chi connectivity index (χ0) is 21.7. The summed E-state index contributed by atoms with van der Waals surface area (Å²) in [6, 6.07) is 11.9. The molecule has 30 heavy (non-hydrogen) atoms. The highest BCUT2D eigenvalue weighted by Crippen LogP contribution is 2.26. The van der Waals surface area contributed by atoms with E-state index in [9.17, 15) is 9.00 Å². The molecule has 1 fully saturated rings. The zero-order valence-electron chi connectivity index (χ0n) is 18.0. The van der Waals surface area contributed by atoms with Gasteiger partial charge in [0.15, 0.2) is 0 Å². The fraction of sp³-hybridized carbons (Fsp3) is 0.455. The number of ether oxygens (including phenoxy) is 1. The molecule has 1 aromatic carbocycles. The largest absolute Gasteiger partial charge is 0.378 e. The molecule has 0 N–H and O–H groups in total. The van der Waals surface area contributed by atoms with Crippen LogP contribution in [0.2, 0.25) is 0 Å². The number of urea groups is 1. The van der Waals surface area contributed by atoms with E-state index in [0.717, 1.165) is 18.9 Å². The molecule has 2 amide bonds. The summed E-state index contributed by atoms with van der Waals surface area (Å²) in [5.41, 5.74) is 0. The molecule has 1 aliphatic heterocycles. The van der Waals surface area contributed by atoms with E-state index >= 15 is 0 Å². The van der Waals surface area contributed by atoms with E-state index in [1.165, 1.54) is 0 Å². The molecule has 162 valence electrons. The minimum atomic E-state index is -3.18. The lowest BCUT2D eigenvalue weighted by molar-refractivity contribution is 0.122. The SMILES string of the molecule is CC(C)N(C(=O)N=[S@@](=O)(c1ccccc1)c1ccc(N2CCOCC2)nc1)C(C)C. The summed E-state index contributed by atoms with van der Waals surface area (Å²) in [7, 11) is -3.18. The van der Waals surface area contributed by atoms with Gasteiger partial charge in [0.2, 0.25) is 0 Å². The van der Waals surface area contributed by atoms with Crippen molar-refractivity contribution in [2.75, 3.05) is 31.2 Å². The van der Waals surface area contributed by atoms with E-state index < -0.39 is 15.8 Å². The van der Waals surface area contributed by atoms with Gasteiger partial charge in [0.05, 0.1) is 23.0 Å². The fourth-order valence-corrected chi connectivity index (χ4v) is 5.33. The van der Waals surface area contributed by atoms with Gasteiger partial charge < -0.3 is 14.5 Å². The number of carbonyl (C=O) groups excluding carboxylic acids is 1. The van der Waals surface area contributed by atoms with Crippen LogP contribution in [-0.4, -0.2) is 58.5 Å². The second-order valence-corrected chi connectivity index (χ2v) is 9.94. The summed E-state index contributed by atoms with van der Waals surface area (Å²) in [4.78, 5) is 22.2. The number of amides is 2. The van der Waals surface area contributed by atoms with Crippen LogP contribution >= 0.6 is 0 Å². The average Bonchev–Trinajstić information content (AvgIpc) is 2.74. The summed E-state index contributed by atoms with van der Waals surface area (Å²) in [6.07, 6.45) is 1.58. The maximum atomic E-state index is 14.1. The highest BCUT2D eigenvalue weighted by molar-refractivity contribution is 7.94. The third-order valence-electron chi connectivity index (χ3n) is 4.98. The predicted octanol–water partition coefficient (Wildman–Crippen LogP) is 4.04. The van der Waals surface area contributed by atoms with Gasteiger partial charge >= 0.3 is 6.03 Å². The molecular formula is C22H30N4O3S. The number of hydrogen-bond acceptors (Lipinski definition) is 5. The molecule has 0 unspecified atom stereocenters. The van der Waals surface area contributed by atoms with Gasteiger partial charge in [-0.15, -0.1) is 4.36 Å². The molecule has 0 spiro atoms. The molecule has 1 aromatic heterocycles. The van der Waals surface area contributed by atoms with Crippen LogP contribution in [0.25, 0.3) is 0 Å². The zero-order valence-corrected chi connectivity index (χ0v) is 18.8. The number of benzene rings is 1. The summed E-state index contributed by atoms with van der Waals surface area (Å²) in [5, 5.41) is 0. The molecule has 0 saturated carbocycles. The number of morpholine rings is 1.